The Morgan fingerprint density at radius 1 is 1.32 bits per heavy atom. The van der Waals surface area contributed by atoms with Gasteiger partial charge in [-0.2, -0.15) is 0 Å². The highest BCUT2D eigenvalue weighted by Gasteiger charge is 2.17. The molecular weight excluding hydrogens is 298 g/mol. The molecule has 0 spiro atoms. The molecule has 0 radical (unpaired) electrons. The highest BCUT2D eigenvalue weighted by molar-refractivity contribution is 7.99. The van der Waals surface area contributed by atoms with E-state index in [2.05, 4.69) is 51.9 Å². The quantitative estimate of drug-likeness (QED) is 0.695. The SMILES string of the molecule is Cc1cc2nnc(SC[C@@H]3CCOCO3)n2c2ccccc12. The van der Waals surface area contributed by atoms with E-state index in [-0.39, 0.29) is 6.10 Å². The van der Waals surface area contributed by atoms with Gasteiger partial charge in [-0.15, -0.1) is 10.2 Å². The van der Waals surface area contributed by atoms with E-state index >= 15 is 0 Å². The number of thioether (sulfide) groups is 1. The first-order valence-corrected chi connectivity index (χ1v) is 8.37. The fourth-order valence-corrected chi connectivity index (χ4v) is 3.79. The van der Waals surface area contributed by atoms with Crippen LogP contribution >= 0.6 is 11.8 Å². The first-order chi connectivity index (χ1) is 10.8. The molecule has 114 valence electrons. The van der Waals surface area contributed by atoms with Crippen molar-refractivity contribution < 1.29 is 9.47 Å². The zero-order valence-electron chi connectivity index (χ0n) is 12.4. The summed E-state index contributed by atoms with van der Waals surface area (Å²) in [6.07, 6.45) is 1.16. The second kappa shape index (κ2) is 5.87. The van der Waals surface area contributed by atoms with E-state index in [0.29, 0.717) is 6.79 Å². The summed E-state index contributed by atoms with van der Waals surface area (Å²) in [7, 11) is 0. The van der Waals surface area contributed by atoms with Gasteiger partial charge in [0, 0.05) is 11.1 Å². The molecule has 0 N–H and O–H groups in total. The number of pyridine rings is 1. The molecule has 2 aromatic heterocycles. The third-order valence-corrected chi connectivity index (χ3v) is 5.00. The average molecular weight is 315 g/mol. The third-order valence-electron chi connectivity index (χ3n) is 3.94. The number of ether oxygens (including phenoxy) is 2. The summed E-state index contributed by atoms with van der Waals surface area (Å²) in [5.74, 6) is 0.867. The number of hydrogen-bond donors (Lipinski definition) is 0. The standard InChI is InChI=1S/C16H17N3O2S/c1-11-8-15-17-18-16(22-9-12-6-7-20-10-21-12)19(15)14-5-3-2-4-13(11)14/h2-5,8,12H,6-7,9-10H2,1H3/t12-/m0/s1. The first-order valence-electron chi connectivity index (χ1n) is 7.38. The van der Waals surface area contributed by atoms with Crippen LogP contribution in [0.1, 0.15) is 12.0 Å². The third kappa shape index (κ3) is 2.47. The Morgan fingerprint density at radius 2 is 2.23 bits per heavy atom. The molecule has 0 unspecified atom stereocenters. The predicted molar refractivity (Wildman–Crippen MR) is 86.3 cm³/mol. The van der Waals surface area contributed by atoms with Crippen molar-refractivity contribution in [2.45, 2.75) is 24.6 Å². The lowest BCUT2D eigenvalue weighted by molar-refractivity contribution is -0.130. The zero-order chi connectivity index (χ0) is 14.9. The molecule has 0 bridgehead atoms. The van der Waals surface area contributed by atoms with E-state index in [1.165, 1.54) is 10.9 Å². The number of aryl methyl sites for hydroxylation is 1. The van der Waals surface area contributed by atoms with Crippen LogP contribution < -0.4 is 0 Å². The molecule has 1 aliphatic rings. The summed E-state index contributed by atoms with van der Waals surface area (Å²) < 4.78 is 12.9. The van der Waals surface area contributed by atoms with Gasteiger partial charge in [-0.05, 0) is 31.0 Å². The van der Waals surface area contributed by atoms with E-state index < -0.39 is 0 Å². The predicted octanol–water partition coefficient (Wildman–Crippen LogP) is 3.05. The van der Waals surface area contributed by atoms with Gasteiger partial charge in [0.25, 0.3) is 0 Å². The van der Waals surface area contributed by atoms with Crippen LogP contribution in [0.5, 0.6) is 0 Å². The molecule has 0 aliphatic carbocycles. The zero-order valence-corrected chi connectivity index (χ0v) is 13.2. The fourth-order valence-electron chi connectivity index (χ4n) is 2.77. The summed E-state index contributed by atoms with van der Waals surface area (Å²) >= 11 is 1.69. The molecule has 1 fully saturated rings. The Labute approximate surface area is 132 Å². The van der Waals surface area contributed by atoms with Crippen molar-refractivity contribution in [2.75, 3.05) is 19.2 Å². The Morgan fingerprint density at radius 3 is 3.09 bits per heavy atom. The smallest absolute Gasteiger partial charge is 0.196 e. The minimum Gasteiger partial charge on any atom is -0.355 e. The Balaban J connectivity index is 1.70. The molecule has 4 rings (SSSR count). The number of nitrogens with zero attached hydrogens (tertiary/aromatic N) is 3. The average Bonchev–Trinajstić information content (AvgIpc) is 2.97. The summed E-state index contributed by atoms with van der Waals surface area (Å²) in [5, 5.41) is 10.8. The lowest BCUT2D eigenvalue weighted by Gasteiger charge is -2.21. The largest absolute Gasteiger partial charge is 0.355 e. The van der Waals surface area contributed by atoms with Crippen molar-refractivity contribution in [3.05, 3.63) is 35.9 Å². The number of para-hydroxylation sites is 1. The van der Waals surface area contributed by atoms with Gasteiger partial charge in [0.2, 0.25) is 0 Å². The summed E-state index contributed by atoms with van der Waals surface area (Å²) in [6.45, 7) is 3.28. The fraction of sp³-hybridized carbons (Fsp3) is 0.375. The molecule has 1 aliphatic heterocycles. The summed E-state index contributed by atoms with van der Waals surface area (Å²) in [6, 6.07) is 10.5. The molecule has 1 aromatic carbocycles. The van der Waals surface area contributed by atoms with Crippen LogP contribution in [0.3, 0.4) is 0 Å². The number of fused-ring (bicyclic) bond motifs is 3. The normalized spacial score (nSPS) is 19.0. The van der Waals surface area contributed by atoms with Gasteiger partial charge in [0.1, 0.15) is 6.79 Å². The first kappa shape index (κ1) is 14.0. The molecule has 0 saturated carbocycles. The number of hydrogen-bond acceptors (Lipinski definition) is 5. The van der Waals surface area contributed by atoms with Gasteiger partial charge in [-0.1, -0.05) is 30.0 Å². The van der Waals surface area contributed by atoms with E-state index in [1.54, 1.807) is 11.8 Å². The topological polar surface area (TPSA) is 48.7 Å². The van der Waals surface area contributed by atoms with Crippen molar-refractivity contribution in [3.63, 3.8) is 0 Å². The van der Waals surface area contributed by atoms with Crippen molar-refractivity contribution in [2.24, 2.45) is 0 Å². The van der Waals surface area contributed by atoms with Crippen molar-refractivity contribution in [1.82, 2.24) is 14.6 Å². The Hall–Kier alpha value is -1.63. The number of rotatable bonds is 3. The minimum absolute atomic E-state index is 0.225. The van der Waals surface area contributed by atoms with Gasteiger partial charge in [0.15, 0.2) is 10.8 Å². The molecule has 5 nitrogen and oxygen atoms in total. The van der Waals surface area contributed by atoms with Crippen LogP contribution in [-0.4, -0.2) is 39.9 Å². The molecule has 22 heavy (non-hydrogen) atoms. The monoisotopic (exact) mass is 315 g/mol. The number of aromatic nitrogens is 3. The molecule has 1 atom stereocenters. The summed E-state index contributed by atoms with van der Waals surface area (Å²) in [4.78, 5) is 0. The van der Waals surface area contributed by atoms with Crippen molar-refractivity contribution in [3.8, 4) is 0 Å². The van der Waals surface area contributed by atoms with Crippen LogP contribution in [0.15, 0.2) is 35.5 Å². The van der Waals surface area contributed by atoms with Crippen LogP contribution in [0.2, 0.25) is 0 Å². The van der Waals surface area contributed by atoms with Crippen molar-refractivity contribution in [1.29, 1.82) is 0 Å². The van der Waals surface area contributed by atoms with Gasteiger partial charge in [-0.25, -0.2) is 0 Å². The van der Waals surface area contributed by atoms with Gasteiger partial charge >= 0.3 is 0 Å². The van der Waals surface area contributed by atoms with Crippen molar-refractivity contribution >= 4 is 28.3 Å². The molecule has 0 amide bonds. The van der Waals surface area contributed by atoms with E-state index in [9.17, 15) is 0 Å². The maximum absolute atomic E-state index is 5.59. The molecule has 3 aromatic rings. The van der Waals surface area contributed by atoms with Gasteiger partial charge < -0.3 is 9.47 Å². The highest BCUT2D eigenvalue weighted by atomic mass is 32.2. The second-order valence-electron chi connectivity index (χ2n) is 5.44. The maximum Gasteiger partial charge on any atom is 0.196 e. The Kier molecular flexibility index (Phi) is 3.73. The van der Waals surface area contributed by atoms with E-state index in [4.69, 9.17) is 9.47 Å². The molecular formula is C16H17N3O2S. The summed E-state index contributed by atoms with van der Waals surface area (Å²) in [5.41, 5.74) is 3.27. The van der Waals surface area contributed by atoms with Gasteiger partial charge in [-0.3, -0.25) is 4.40 Å². The van der Waals surface area contributed by atoms with Crippen LogP contribution in [0.25, 0.3) is 16.6 Å². The highest BCUT2D eigenvalue weighted by Crippen LogP contribution is 2.26. The number of benzene rings is 1. The van der Waals surface area contributed by atoms with Crippen LogP contribution in [0.4, 0.5) is 0 Å². The lowest BCUT2D eigenvalue weighted by atomic mass is 10.1. The minimum atomic E-state index is 0.225. The van der Waals surface area contributed by atoms with Crippen LogP contribution in [0, 0.1) is 6.92 Å². The maximum atomic E-state index is 5.59. The van der Waals surface area contributed by atoms with Gasteiger partial charge in [0.05, 0.1) is 18.2 Å². The molecule has 6 heteroatoms. The molecule has 1 saturated heterocycles. The van der Waals surface area contributed by atoms with Crippen LogP contribution in [-0.2, 0) is 9.47 Å². The van der Waals surface area contributed by atoms with E-state index in [1.807, 2.05) is 0 Å². The Bertz CT molecular complexity index is 812. The second-order valence-corrected chi connectivity index (χ2v) is 6.42. The molecule has 3 heterocycles. The lowest BCUT2D eigenvalue weighted by Crippen LogP contribution is -2.25. The van der Waals surface area contributed by atoms with E-state index in [0.717, 1.165) is 35.1 Å².